The number of carboxylic acids is 1. The van der Waals surface area contributed by atoms with E-state index in [2.05, 4.69) is 0 Å². The lowest BCUT2D eigenvalue weighted by Gasteiger charge is -2.13. The summed E-state index contributed by atoms with van der Waals surface area (Å²) in [6.45, 7) is 0. The number of carboxylic acid groups (broad SMARTS) is 1. The maximum Gasteiger partial charge on any atom is 0.416 e. The molecule has 0 amide bonds. The van der Waals surface area contributed by atoms with Crippen LogP contribution in [0.1, 0.15) is 29.9 Å². The summed E-state index contributed by atoms with van der Waals surface area (Å²) in [4.78, 5) is 11.0. The van der Waals surface area contributed by atoms with Gasteiger partial charge in [0.05, 0.1) is 11.5 Å². The zero-order valence-corrected chi connectivity index (χ0v) is 10.1. The molecular weight excluding hydrogens is 269 g/mol. The number of benzene rings is 1. The molecule has 0 heterocycles. The lowest BCUT2D eigenvalue weighted by molar-refractivity contribution is -0.139. The second-order valence-electron chi connectivity index (χ2n) is 3.84. The lowest BCUT2D eigenvalue weighted by atomic mass is 9.94. The van der Waals surface area contributed by atoms with E-state index in [0.29, 0.717) is 24.3 Å². The van der Waals surface area contributed by atoms with E-state index in [1.165, 1.54) is 12.1 Å². The molecule has 0 bridgehead atoms. The molecule has 0 spiro atoms. The van der Waals surface area contributed by atoms with Crippen LogP contribution in [0.15, 0.2) is 24.3 Å². The predicted octanol–water partition coefficient (Wildman–Crippen LogP) is 3.89. The molecule has 0 aromatic heterocycles. The molecule has 0 aliphatic carbocycles. The van der Waals surface area contributed by atoms with Gasteiger partial charge in [-0.2, -0.15) is 13.2 Å². The topological polar surface area (TPSA) is 37.3 Å². The number of halogens is 4. The third-order valence-electron chi connectivity index (χ3n) is 2.56. The summed E-state index contributed by atoms with van der Waals surface area (Å²) < 4.78 is 37.0. The highest BCUT2D eigenvalue weighted by atomic mass is 35.5. The van der Waals surface area contributed by atoms with Crippen molar-refractivity contribution < 1.29 is 23.1 Å². The van der Waals surface area contributed by atoms with Gasteiger partial charge in [0.1, 0.15) is 0 Å². The Kier molecular flexibility index (Phi) is 5.02. The van der Waals surface area contributed by atoms with Crippen LogP contribution in [-0.2, 0) is 11.0 Å². The van der Waals surface area contributed by atoms with Gasteiger partial charge in [-0.3, -0.25) is 4.79 Å². The smallest absolute Gasteiger partial charge is 0.416 e. The summed E-state index contributed by atoms with van der Waals surface area (Å²) in [5, 5.41) is 9.02. The standard InChI is InChI=1S/C12H12ClF3O2/c13-7-1-2-10(11(17)18)8-3-5-9(6-4-8)12(14,15)16/h3-6,10H,1-2,7H2,(H,17,18)/t10-/m1/s1. The van der Waals surface area contributed by atoms with Gasteiger partial charge in [-0.1, -0.05) is 12.1 Å². The van der Waals surface area contributed by atoms with E-state index in [1.54, 1.807) is 0 Å². The number of carbonyl (C=O) groups is 1. The molecule has 1 N–H and O–H groups in total. The molecule has 0 radical (unpaired) electrons. The first-order chi connectivity index (χ1) is 8.36. The van der Waals surface area contributed by atoms with Crippen LogP contribution in [0.5, 0.6) is 0 Å². The van der Waals surface area contributed by atoms with E-state index in [4.69, 9.17) is 16.7 Å². The molecule has 100 valence electrons. The third kappa shape index (κ3) is 3.91. The van der Waals surface area contributed by atoms with Crippen LogP contribution in [-0.4, -0.2) is 17.0 Å². The Morgan fingerprint density at radius 2 is 1.83 bits per heavy atom. The van der Waals surface area contributed by atoms with Crippen LogP contribution in [0, 0.1) is 0 Å². The maximum atomic E-state index is 12.3. The highest BCUT2D eigenvalue weighted by Crippen LogP contribution is 2.31. The van der Waals surface area contributed by atoms with E-state index in [1.807, 2.05) is 0 Å². The molecule has 0 saturated heterocycles. The van der Waals surface area contributed by atoms with Gasteiger partial charge in [0, 0.05) is 5.88 Å². The van der Waals surface area contributed by atoms with Gasteiger partial charge < -0.3 is 5.11 Å². The minimum Gasteiger partial charge on any atom is -0.481 e. The predicted molar refractivity (Wildman–Crippen MR) is 61.8 cm³/mol. The lowest BCUT2D eigenvalue weighted by Crippen LogP contribution is -2.12. The first-order valence-corrected chi connectivity index (χ1v) is 5.85. The van der Waals surface area contributed by atoms with E-state index < -0.39 is 23.6 Å². The average Bonchev–Trinajstić information content (AvgIpc) is 2.28. The fraction of sp³-hybridized carbons (Fsp3) is 0.417. The van der Waals surface area contributed by atoms with Crippen molar-refractivity contribution in [2.24, 2.45) is 0 Å². The SMILES string of the molecule is O=C(O)[C@H](CCCCl)c1ccc(C(F)(F)F)cc1. The second-order valence-corrected chi connectivity index (χ2v) is 4.22. The normalized spacial score (nSPS) is 13.3. The van der Waals surface area contributed by atoms with E-state index in [-0.39, 0.29) is 0 Å². The highest BCUT2D eigenvalue weighted by molar-refractivity contribution is 6.17. The summed E-state index contributed by atoms with van der Waals surface area (Å²) in [6.07, 6.45) is -3.60. The number of hydrogen-bond donors (Lipinski definition) is 1. The Bertz CT molecular complexity index is 401. The van der Waals surface area contributed by atoms with Crippen molar-refractivity contribution in [1.82, 2.24) is 0 Å². The van der Waals surface area contributed by atoms with Crippen molar-refractivity contribution in [1.29, 1.82) is 0 Å². The molecule has 18 heavy (non-hydrogen) atoms. The molecule has 0 aliphatic heterocycles. The highest BCUT2D eigenvalue weighted by Gasteiger charge is 2.30. The van der Waals surface area contributed by atoms with E-state index in [0.717, 1.165) is 12.1 Å². The largest absolute Gasteiger partial charge is 0.481 e. The van der Waals surface area contributed by atoms with Gasteiger partial charge in [-0.25, -0.2) is 0 Å². The molecular formula is C12H12ClF3O2. The second kappa shape index (κ2) is 6.09. The molecule has 6 heteroatoms. The first-order valence-electron chi connectivity index (χ1n) is 5.32. The summed E-state index contributed by atoms with van der Waals surface area (Å²) in [7, 11) is 0. The molecule has 0 aliphatic rings. The molecule has 1 aromatic rings. The van der Waals surface area contributed by atoms with Gasteiger partial charge in [-0.05, 0) is 30.5 Å². The fourth-order valence-corrected chi connectivity index (χ4v) is 1.77. The summed E-state index contributed by atoms with van der Waals surface area (Å²) in [5.41, 5.74) is -0.423. The summed E-state index contributed by atoms with van der Waals surface area (Å²) in [6, 6.07) is 4.20. The first kappa shape index (κ1) is 14.8. The zero-order chi connectivity index (χ0) is 13.8. The summed E-state index contributed by atoms with van der Waals surface area (Å²) in [5.74, 6) is -1.55. The number of rotatable bonds is 5. The Labute approximate surface area is 107 Å². The molecule has 0 saturated carbocycles. The third-order valence-corrected chi connectivity index (χ3v) is 2.83. The van der Waals surface area contributed by atoms with Crippen molar-refractivity contribution >= 4 is 17.6 Å². The monoisotopic (exact) mass is 280 g/mol. The molecule has 1 rings (SSSR count). The van der Waals surface area contributed by atoms with Crippen LogP contribution in [0.25, 0.3) is 0 Å². The number of aliphatic carboxylic acids is 1. The van der Waals surface area contributed by atoms with Crippen molar-refractivity contribution in [3.05, 3.63) is 35.4 Å². The Morgan fingerprint density at radius 3 is 2.22 bits per heavy atom. The maximum absolute atomic E-state index is 12.3. The molecule has 1 atom stereocenters. The number of alkyl halides is 4. The molecule has 0 unspecified atom stereocenters. The van der Waals surface area contributed by atoms with Crippen molar-refractivity contribution in [3.63, 3.8) is 0 Å². The van der Waals surface area contributed by atoms with Gasteiger partial charge in [-0.15, -0.1) is 11.6 Å². The Morgan fingerprint density at radius 1 is 1.28 bits per heavy atom. The van der Waals surface area contributed by atoms with Crippen LogP contribution >= 0.6 is 11.6 Å². The number of hydrogen-bond acceptors (Lipinski definition) is 1. The Balaban J connectivity index is 2.90. The zero-order valence-electron chi connectivity index (χ0n) is 9.38. The van der Waals surface area contributed by atoms with Gasteiger partial charge >= 0.3 is 12.1 Å². The van der Waals surface area contributed by atoms with Crippen molar-refractivity contribution in [3.8, 4) is 0 Å². The minimum atomic E-state index is -4.41. The quantitative estimate of drug-likeness (QED) is 0.831. The van der Waals surface area contributed by atoms with Crippen molar-refractivity contribution in [2.75, 3.05) is 5.88 Å². The van der Waals surface area contributed by atoms with Crippen LogP contribution < -0.4 is 0 Å². The van der Waals surface area contributed by atoms with Crippen LogP contribution in [0.2, 0.25) is 0 Å². The van der Waals surface area contributed by atoms with E-state index in [9.17, 15) is 18.0 Å². The van der Waals surface area contributed by atoms with Gasteiger partial charge in [0.2, 0.25) is 0 Å². The van der Waals surface area contributed by atoms with Gasteiger partial charge in [0.15, 0.2) is 0 Å². The Hall–Kier alpha value is -1.23. The minimum absolute atomic E-state index is 0.310. The van der Waals surface area contributed by atoms with Gasteiger partial charge in [0.25, 0.3) is 0 Å². The molecule has 0 fully saturated rings. The average molecular weight is 281 g/mol. The van der Waals surface area contributed by atoms with Crippen LogP contribution in [0.4, 0.5) is 13.2 Å². The van der Waals surface area contributed by atoms with E-state index >= 15 is 0 Å². The molecule has 1 aromatic carbocycles. The van der Waals surface area contributed by atoms with Crippen molar-refractivity contribution in [2.45, 2.75) is 24.9 Å². The van der Waals surface area contributed by atoms with Crippen LogP contribution in [0.3, 0.4) is 0 Å². The summed E-state index contributed by atoms with van der Waals surface area (Å²) >= 11 is 5.48. The fourth-order valence-electron chi connectivity index (χ4n) is 1.62. The molecule has 2 nitrogen and oxygen atoms in total.